The molecule has 1 aromatic rings. The van der Waals surface area contributed by atoms with E-state index in [-0.39, 0.29) is 17.8 Å². The van der Waals surface area contributed by atoms with Crippen LogP contribution in [0.15, 0.2) is 24.3 Å². The molecule has 5 heteroatoms. The highest BCUT2D eigenvalue weighted by atomic mass is 35.5. The van der Waals surface area contributed by atoms with Crippen LogP contribution in [0.2, 0.25) is 0 Å². The van der Waals surface area contributed by atoms with E-state index in [2.05, 4.69) is 10.1 Å². The summed E-state index contributed by atoms with van der Waals surface area (Å²) in [6.45, 7) is 0.420. The van der Waals surface area contributed by atoms with E-state index in [4.69, 9.17) is 11.6 Å². The van der Waals surface area contributed by atoms with Crippen LogP contribution in [-0.2, 0) is 27.3 Å². The molecule has 0 aliphatic carbocycles. The summed E-state index contributed by atoms with van der Waals surface area (Å²) in [6.07, 6.45) is 0.927. The van der Waals surface area contributed by atoms with Gasteiger partial charge in [0.25, 0.3) is 0 Å². The molecule has 0 saturated heterocycles. The molecule has 18 heavy (non-hydrogen) atoms. The Balaban J connectivity index is 2.61. The van der Waals surface area contributed by atoms with E-state index in [1.807, 2.05) is 24.3 Å². The van der Waals surface area contributed by atoms with Gasteiger partial charge < -0.3 is 10.1 Å². The first-order valence-electron chi connectivity index (χ1n) is 5.63. The molecule has 0 aliphatic rings. The minimum Gasteiger partial charge on any atom is -0.469 e. The molecule has 0 aliphatic heterocycles. The average Bonchev–Trinajstić information content (AvgIpc) is 2.42. The fourth-order valence-electron chi connectivity index (χ4n) is 1.55. The minimum atomic E-state index is -0.241. The number of aryl methyl sites for hydroxylation is 1. The molecule has 1 rings (SSSR count). The number of rotatable bonds is 6. The number of carbonyl (C=O) groups excluding carboxylic acids is 2. The van der Waals surface area contributed by atoms with E-state index in [0.717, 1.165) is 11.1 Å². The molecule has 0 aromatic heterocycles. The molecule has 0 saturated carbocycles. The van der Waals surface area contributed by atoms with Gasteiger partial charge in [0, 0.05) is 13.0 Å². The summed E-state index contributed by atoms with van der Waals surface area (Å²) >= 11 is 5.41. The molecular weight excluding hydrogens is 254 g/mol. The maximum Gasteiger partial charge on any atom is 0.305 e. The Kier molecular flexibility index (Phi) is 6.22. The first kappa shape index (κ1) is 14.5. The number of carbonyl (C=O) groups is 2. The summed E-state index contributed by atoms with van der Waals surface area (Å²) in [7, 11) is 1.37. The van der Waals surface area contributed by atoms with Crippen molar-refractivity contribution in [3.05, 3.63) is 35.4 Å². The normalized spacial score (nSPS) is 9.89. The molecule has 4 nitrogen and oxygen atoms in total. The number of hydrogen-bond donors (Lipinski definition) is 1. The number of benzene rings is 1. The molecule has 1 aromatic carbocycles. The second-order valence-corrected chi connectivity index (χ2v) is 4.02. The third kappa shape index (κ3) is 4.75. The summed E-state index contributed by atoms with van der Waals surface area (Å²) < 4.78 is 4.60. The lowest BCUT2D eigenvalue weighted by Crippen LogP contribution is -2.24. The molecule has 0 spiro atoms. The van der Waals surface area contributed by atoms with Crippen molar-refractivity contribution in [2.45, 2.75) is 19.4 Å². The van der Waals surface area contributed by atoms with Gasteiger partial charge >= 0.3 is 5.97 Å². The standard InChI is InChI=1S/C13H16ClNO3/c1-18-13(17)7-6-10-4-2-3-5-11(10)9-15-12(16)8-14/h2-5H,6-9H2,1H3,(H,15,16). The van der Waals surface area contributed by atoms with E-state index < -0.39 is 0 Å². The maximum absolute atomic E-state index is 11.1. The van der Waals surface area contributed by atoms with Gasteiger partial charge in [-0.3, -0.25) is 9.59 Å². The van der Waals surface area contributed by atoms with Crippen molar-refractivity contribution in [3.8, 4) is 0 Å². The van der Waals surface area contributed by atoms with Crippen molar-refractivity contribution in [3.63, 3.8) is 0 Å². The molecule has 0 atom stereocenters. The van der Waals surface area contributed by atoms with Crippen LogP contribution >= 0.6 is 11.6 Å². The van der Waals surface area contributed by atoms with E-state index in [9.17, 15) is 9.59 Å². The van der Waals surface area contributed by atoms with E-state index in [1.165, 1.54) is 7.11 Å². The minimum absolute atomic E-state index is 0.0513. The molecule has 0 heterocycles. The lowest BCUT2D eigenvalue weighted by atomic mass is 10.0. The van der Waals surface area contributed by atoms with E-state index in [0.29, 0.717) is 19.4 Å². The summed E-state index contributed by atoms with van der Waals surface area (Å²) in [4.78, 5) is 22.2. The SMILES string of the molecule is COC(=O)CCc1ccccc1CNC(=O)CCl. The van der Waals surface area contributed by atoms with Gasteiger partial charge in [-0.25, -0.2) is 0 Å². The predicted octanol–water partition coefficient (Wildman–Crippen LogP) is 1.65. The van der Waals surface area contributed by atoms with Crippen LogP contribution in [0.5, 0.6) is 0 Å². The third-order valence-electron chi connectivity index (χ3n) is 2.54. The number of hydrogen-bond acceptors (Lipinski definition) is 3. The number of alkyl halides is 1. The highest BCUT2D eigenvalue weighted by Gasteiger charge is 2.06. The Labute approximate surface area is 111 Å². The highest BCUT2D eigenvalue weighted by Crippen LogP contribution is 2.11. The zero-order chi connectivity index (χ0) is 13.4. The summed E-state index contributed by atoms with van der Waals surface area (Å²) in [5.41, 5.74) is 2.01. The number of esters is 1. The van der Waals surface area contributed by atoms with Crippen molar-refractivity contribution in [2.24, 2.45) is 0 Å². The molecule has 0 fully saturated rings. The third-order valence-corrected chi connectivity index (χ3v) is 2.78. The van der Waals surface area contributed by atoms with E-state index >= 15 is 0 Å². The van der Waals surface area contributed by atoms with Gasteiger partial charge in [-0.2, -0.15) is 0 Å². The zero-order valence-corrected chi connectivity index (χ0v) is 11.0. The lowest BCUT2D eigenvalue weighted by Gasteiger charge is -2.09. The van der Waals surface area contributed by atoms with E-state index in [1.54, 1.807) is 0 Å². The van der Waals surface area contributed by atoms with Crippen LogP contribution in [-0.4, -0.2) is 24.9 Å². The summed E-state index contributed by atoms with van der Waals surface area (Å²) in [5.74, 6) is -0.501. The maximum atomic E-state index is 11.1. The average molecular weight is 270 g/mol. The Morgan fingerprint density at radius 3 is 2.56 bits per heavy atom. The quantitative estimate of drug-likeness (QED) is 0.631. The predicted molar refractivity (Wildman–Crippen MR) is 69.3 cm³/mol. The van der Waals surface area contributed by atoms with Crippen LogP contribution in [0.25, 0.3) is 0 Å². The largest absolute Gasteiger partial charge is 0.469 e. The van der Waals surface area contributed by atoms with Crippen LogP contribution < -0.4 is 5.32 Å². The Hall–Kier alpha value is -1.55. The smallest absolute Gasteiger partial charge is 0.305 e. The number of methoxy groups -OCH3 is 1. The Bertz CT molecular complexity index is 381. The second kappa shape index (κ2) is 7.71. The summed E-state index contributed by atoms with van der Waals surface area (Å²) in [6, 6.07) is 7.65. The number of ether oxygens (including phenoxy) is 1. The molecule has 0 unspecified atom stereocenters. The second-order valence-electron chi connectivity index (χ2n) is 3.76. The van der Waals surface area contributed by atoms with Gasteiger partial charge in [0.2, 0.25) is 5.91 Å². The van der Waals surface area contributed by atoms with Crippen molar-refractivity contribution < 1.29 is 14.3 Å². The Morgan fingerprint density at radius 2 is 1.94 bits per heavy atom. The van der Waals surface area contributed by atoms with Gasteiger partial charge in [-0.05, 0) is 17.5 Å². The topological polar surface area (TPSA) is 55.4 Å². The van der Waals surface area contributed by atoms with Gasteiger partial charge in [-0.15, -0.1) is 11.6 Å². The van der Waals surface area contributed by atoms with Gasteiger partial charge in [-0.1, -0.05) is 24.3 Å². The van der Waals surface area contributed by atoms with Crippen molar-refractivity contribution in [2.75, 3.05) is 13.0 Å². The monoisotopic (exact) mass is 269 g/mol. The highest BCUT2D eigenvalue weighted by molar-refractivity contribution is 6.27. The summed E-state index contributed by atoms with van der Waals surface area (Å²) in [5, 5.41) is 2.70. The molecule has 0 radical (unpaired) electrons. The number of amides is 1. The fourth-order valence-corrected chi connectivity index (χ4v) is 1.65. The van der Waals surface area contributed by atoms with Gasteiger partial charge in [0.05, 0.1) is 7.11 Å². The van der Waals surface area contributed by atoms with Crippen LogP contribution in [0.3, 0.4) is 0 Å². The van der Waals surface area contributed by atoms with Crippen LogP contribution in [0, 0.1) is 0 Å². The molecule has 0 bridgehead atoms. The van der Waals surface area contributed by atoms with Crippen molar-refractivity contribution in [1.29, 1.82) is 0 Å². The van der Waals surface area contributed by atoms with Gasteiger partial charge in [0.15, 0.2) is 0 Å². The first-order valence-corrected chi connectivity index (χ1v) is 6.17. The fraction of sp³-hybridized carbons (Fsp3) is 0.385. The van der Waals surface area contributed by atoms with Gasteiger partial charge in [0.1, 0.15) is 5.88 Å². The van der Waals surface area contributed by atoms with Crippen LogP contribution in [0.1, 0.15) is 17.5 Å². The molecule has 1 N–H and O–H groups in total. The zero-order valence-electron chi connectivity index (χ0n) is 10.2. The van der Waals surface area contributed by atoms with Crippen LogP contribution in [0.4, 0.5) is 0 Å². The lowest BCUT2D eigenvalue weighted by molar-refractivity contribution is -0.140. The van der Waals surface area contributed by atoms with Crippen molar-refractivity contribution in [1.82, 2.24) is 5.32 Å². The molecule has 98 valence electrons. The first-order chi connectivity index (χ1) is 8.67. The molecular formula is C13H16ClNO3. The Morgan fingerprint density at radius 1 is 1.28 bits per heavy atom. The van der Waals surface area contributed by atoms with Crippen molar-refractivity contribution >= 4 is 23.5 Å². The number of halogens is 1. The number of nitrogens with one attached hydrogen (secondary N) is 1. The molecule has 1 amide bonds.